The van der Waals surface area contributed by atoms with E-state index >= 15 is 0 Å². The van der Waals surface area contributed by atoms with Crippen LogP contribution >= 0.6 is 0 Å². The Labute approximate surface area is 213 Å². The predicted molar refractivity (Wildman–Crippen MR) is 141 cm³/mol. The number of piperidine rings is 1. The van der Waals surface area contributed by atoms with Crippen molar-refractivity contribution in [3.05, 3.63) is 65.7 Å². The lowest BCUT2D eigenvalue weighted by molar-refractivity contribution is -0.141. The number of likely N-dealkylation sites (tertiary alicyclic amines) is 1. The summed E-state index contributed by atoms with van der Waals surface area (Å²) in [6.45, 7) is 8.80. The summed E-state index contributed by atoms with van der Waals surface area (Å²) in [5.41, 5.74) is 4.16. The van der Waals surface area contributed by atoms with Crippen LogP contribution in [0.2, 0.25) is 0 Å². The van der Waals surface area contributed by atoms with Gasteiger partial charge in [-0.3, -0.25) is 9.48 Å². The van der Waals surface area contributed by atoms with Gasteiger partial charge in [-0.1, -0.05) is 37.3 Å². The molecule has 2 aliphatic rings. The summed E-state index contributed by atoms with van der Waals surface area (Å²) in [6, 6.07) is 11.0. The number of rotatable bonds is 6. The predicted octanol–water partition coefficient (Wildman–Crippen LogP) is 4.40. The van der Waals surface area contributed by atoms with Crippen LogP contribution in [0.25, 0.3) is 0 Å². The quantitative estimate of drug-likeness (QED) is 0.555. The van der Waals surface area contributed by atoms with Gasteiger partial charge in [0.15, 0.2) is 0 Å². The average molecular weight is 488 g/mol. The summed E-state index contributed by atoms with van der Waals surface area (Å²) in [5.74, 6) is 0.980. The largest absolute Gasteiger partial charge is 0.333 e. The zero-order chi connectivity index (χ0) is 25.2. The standard InChI is InChI=1S/C28H37N7O/c1-5-19(2)35-16-23(15-30-35)31-28-29-14-22-13-20(3)34(18-26(22)32-28)27(36)24-11-12-33(4)17-25(24)21-9-7-6-8-10-21/h6-10,14-16,19-20,24-25H,5,11-13,17-18H2,1-4H3,(H,29,31,32)/t19?,20-,24+,25-/m1/s1. The van der Waals surface area contributed by atoms with Crippen LogP contribution in [-0.2, 0) is 17.8 Å². The third-order valence-corrected chi connectivity index (χ3v) is 7.87. The number of carbonyl (C=O) groups excluding carboxylic acids is 1. The van der Waals surface area contributed by atoms with Gasteiger partial charge in [0.1, 0.15) is 0 Å². The topological polar surface area (TPSA) is 79.2 Å². The van der Waals surface area contributed by atoms with Crippen LogP contribution in [0, 0.1) is 5.92 Å². The summed E-state index contributed by atoms with van der Waals surface area (Å²) < 4.78 is 1.95. The van der Waals surface area contributed by atoms with Crippen molar-refractivity contribution in [1.29, 1.82) is 0 Å². The monoisotopic (exact) mass is 487 g/mol. The Hall–Kier alpha value is -3.26. The van der Waals surface area contributed by atoms with Gasteiger partial charge in [0.25, 0.3) is 0 Å². The van der Waals surface area contributed by atoms with Crippen LogP contribution < -0.4 is 5.32 Å². The van der Waals surface area contributed by atoms with E-state index in [-0.39, 0.29) is 23.8 Å². The smallest absolute Gasteiger partial charge is 0.227 e. The number of fused-ring (bicyclic) bond motifs is 1. The van der Waals surface area contributed by atoms with Crippen LogP contribution in [0.4, 0.5) is 11.6 Å². The van der Waals surface area contributed by atoms with Crippen LogP contribution in [0.1, 0.15) is 62.4 Å². The van der Waals surface area contributed by atoms with Crippen molar-refractivity contribution < 1.29 is 4.79 Å². The maximum atomic E-state index is 14.0. The fourth-order valence-corrected chi connectivity index (χ4v) is 5.47. The molecule has 4 atom stereocenters. The molecule has 4 heterocycles. The average Bonchev–Trinajstić information content (AvgIpc) is 3.36. The van der Waals surface area contributed by atoms with Crippen molar-refractivity contribution in [2.24, 2.45) is 5.92 Å². The number of benzene rings is 1. The van der Waals surface area contributed by atoms with Crippen LogP contribution in [0.5, 0.6) is 0 Å². The Morgan fingerprint density at radius 2 is 2.03 bits per heavy atom. The second kappa shape index (κ2) is 10.4. The zero-order valence-corrected chi connectivity index (χ0v) is 21.8. The first kappa shape index (κ1) is 24.4. The van der Waals surface area contributed by atoms with E-state index in [2.05, 4.69) is 72.4 Å². The number of hydrogen-bond donors (Lipinski definition) is 1. The first-order valence-corrected chi connectivity index (χ1v) is 13.1. The molecule has 0 aliphatic carbocycles. The van der Waals surface area contributed by atoms with Gasteiger partial charge in [-0.2, -0.15) is 5.10 Å². The minimum absolute atomic E-state index is 0.0153. The second-order valence-electron chi connectivity index (χ2n) is 10.5. The normalized spacial score (nSPS) is 23.2. The molecule has 5 rings (SSSR count). The number of amides is 1. The van der Waals surface area contributed by atoms with E-state index in [0.717, 1.165) is 49.3 Å². The van der Waals surface area contributed by atoms with Crippen LogP contribution in [0.3, 0.4) is 0 Å². The van der Waals surface area contributed by atoms with E-state index in [0.29, 0.717) is 18.5 Å². The minimum atomic E-state index is -0.0153. The third kappa shape index (κ3) is 5.00. The third-order valence-electron chi connectivity index (χ3n) is 7.87. The maximum absolute atomic E-state index is 14.0. The molecule has 1 saturated heterocycles. The van der Waals surface area contributed by atoms with Gasteiger partial charge in [0.2, 0.25) is 11.9 Å². The highest BCUT2D eigenvalue weighted by Crippen LogP contribution is 2.35. The van der Waals surface area contributed by atoms with Gasteiger partial charge in [-0.15, -0.1) is 0 Å². The summed E-state index contributed by atoms with van der Waals surface area (Å²) in [4.78, 5) is 27.7. The van der Waals surface area contributed by atoms with E-state index in [9.17, 15) is 4.79 Å². The Balaban J connectivity index is 1.34. The molecule has 8 nitrogen and oxygen atoms in total. The lowest BCUT2D eigenvalue weighted by atomic mass is 9.79. The lowest BCUT2D eigenvalue weighted by Crippen LogP contribution is -2.50. The Morgan fingerprint density at radius 1 is 1.22 bits per heavy atom. The Bertz CT molecular complexity index is 1190. The molecule has 8 heteroatoms. The first-order chi connectivity index (χ1) is 17.4. The number of likely N-dealkylation sites (N-methyl/N-ethyl adjacent to an activating group) is 1. The van der Waals surface area contributed by atoms with Crippen molar-refractivity contribution in [3.63, 3.8) is 0 Å². The highest BCUT2D eigenvalue weighted by Gasteiger charge is 2.39. The Kier molecular flexibility index (Phi) is 7.05. The number of hydrogen-bond acceptors (Lipinski definition) is 6. The minimum Gasteiger partial charge on any atom is -0.333 e. The lowest BCUT2D eigenvalue weighted by Gasteiger charge is -2.42. The van der Waals surface area contributed by atoms with Crippen molar-refractivity contribution in [3.8, 4) is 0 Å². The fraction of sp³-hybridized carbons (Fsp3) is 0.500. The molecule has 0 saturated carbocycles. The van der Waals surface area contributed by atoms with Crippen molar-refractivity contribution in [2.45, 2.75) is 64.6 Å². The van der Waals surface area contributed by atoms with Gasteiger partial charge in [0.05, 0.1) is 24.1 Å². The van der Waals surface area contributed by atoms with E-state index in [4.69, 9.17) is 4.98 Å². The zero-order valence-electron chi connectivity index (χ0n) is 21.8. The molecule has 36 heavy (non-hydrogen) atoms. The molecule has 0 spiro atoms. The van der Waals surface area contributed by atoms with E-state index in [1.165, 1.54) is 5.56 Å². The number of nitrogens with zero attached hydrogens (tertiary/aromatic N) is 6. The van der Waals surface area contributed by atoms with Crippen molar-refractivity contribution in [1.82, 2.24) is 29.5 Å². The molecule has 1 aromatic carbocycles. The highest BCUT2D eigenvalue weighted by molar-refractivity contribution is 5.81. The second-order valence-corrected chi connectivity index (χ2v) is 10.5. The number of carbonyl (C=O) groups is 1. The molecule has 3 aromatic rings. The molecule has 1 fully saturated rings. The molecule has 2 aliphatic heterocycles. The van der Waals surface area contributed by atoms with Gasteiger partial charge in [0, 0.05) is 42.9 Å². The summed E-state index contributed by atoms with van der Waals surface area (Å²) in [7, 11) is 2.15. The molecule has 0 bridgehead atoms. The van der Waals surface area contributed by atoms with Gasteiger partial charge in [-0.25, -0.2) is 9.97 Å². The van der Waals surface area contributed by atoms with Gasteiger partial charge in [-0.05, 0) is 57.8 Å². The van der Waals surface area contributed by atoms with Crippen molar-refractivity contribution >= 4 is 17.5 Å². The Morgan fingerprint density at radius 3 is 2.81 bits per heavy atom. The molecular weight excluding hydrogens is 450 g/mol. The summed E-state index contributed by atoms with van der Waals surface area (Å²) >= 11 is 0. The molecule has 2 aromatic heterocycles. The van der Waals surface area contributed by atoms with Gasteiger partial charge >= 0.3 is 0 Å². The maximum Gasteiger partial charge on any atom is 0.227 e. The molecule has 0 radical (unpaired) electrons. The van der Waals surface area contributed by atoms with E-state index in [1.807, 2.05) is 28.0 Å². The van der Waals surface area contributed by atoms with Crippen LogP contribution in [0.15, 0.2) is 48.9 Å². The first-order valence-electron chi connectivity index (χ1n) is 13.1. The molecule has 1 amide bonds. The highest BCUT2D eigenvalue weighted by atomic mass is 16.2. The molecule has 1 unspecified atom stereocenters. The van der Waals surface area contributed by atoms with E-state index in [1.54, 1.807) is 6.20 Å². The van der Waals surface area contributed by atoms with Crippen molar-refractivity contribution in [2.75, 3.05) is 25.5 Å². The SMILES string of the molecule is CCC(C)n1cc(Nc2ncc3c(n2)CN(C(=O)[C@H]2CCN(C)C[C@@H]2c2ccccc2)[C@H](C)C3)cn1. The molecule has 1 N–H and O–H groups in total. The number of nitrogens with one attached hydrogen (secondary N) is 1. The molecular formula is C28H37N7O. The number of aromatic nitrogens is 4. The summed E-state index contributed by atoms with van der Waals surface area (Å²) in [6.07, 6.45) is 8.36. The molecule has 190 valence electrons. The van der Waals surface area contributed by atoms with Gasteiger partial charge < -0.3 is 15.1 Å². The number of anilines is 2. The van der Waals surface area contributed by atoms with Crippen LogP contribution in [-0.4, -0.2) is 61.6 Å². The summed E-state index contributed by atoms with van der Waals surface area (Å²) in [5, 5.41) is 7.74. The van der Waals surface area contributed by atoms with E-state index < -0.39 is 0 Å². The fourth-order valence-electron chi connectivity index (χ4n) is 5.47.